The van der Waals surface area contributed by atoms with Crippen molar-refractivity contribution in [3.8, 4) is 0 Å². The van der Waals surface area contributed by atoms with Crippen molar-refractivity contribution in [2.24, 2.45) is 23.8 Å². The van der Waals surface area contributed by atoms with Crippen LogP contribution in [0.2, 0.25) is 0 Å². The zero-order chi connectivity index (χ0) is 18.0. The van der Waals surface area contributed by atoms with Gasteiger partial charge in [-0.2, -0.15) is 0 Å². The highest BCUT2D eigenvalue weighted by Gasteiger charge is 2.57. The van der Waals surface area contributed by atoms with Gasteiger partial charge in [0.15, 0.2) is 5.16 Å². The lowest BCUT2D eigenvalue weighted by molar-refractivity contribution is -0.138. The summed E-state index contributed by atoms with van der Waals surface area (Å²) >= 11 is 1.56. The Morgan fingerprint density at radius 3 is 2.71 bits per heavy atom. The van der Waals surface area contributed by atoms with Gasteiger partial charge in [-0.3, -0.25) is 9.59 Å². The molecule has 134 valence electrons. The number of hydrogen-bond donors (Lipinski definition) is 2. The van der Waals surface area contributed by atoms with Crippen LogP contribution < -0.4 is 10.6 Å². The molecule has 1 aromatic rings. The van der Waals surface area contributed by atoms with Crippen LogP contribution in [0.1, 0.15) is 33.6 Å². The lowest BCUT2D eigenvalue weighted by Crippen LogP contribution is -2.49. The van der Waals surface area contributed by atoms with Crippen molar-refractivity contribution in [3.05, 3.63) is 6.33 Å². The van der Waals surface area contributed by atoms with E-state index in [1.165, 1.54) is 0 Å². The number of aromatic nitrogens is 3. The Morgan fingerprint density at radius 1 is 1.42 bits per heavy atom. The van der Waals surface area contributed by atoms with Crippen LogP contribution in [0.15, 0.2) is 11.5 Å². The van der Waals surface area contributed by atoms with E-state index in [1.54, 1.807) is 25.1 Å². The molecular weight excluding hydrogens is 326 g/mol. The first kappa shape index (κ1) is 18.8. The van der Waals surface area contributed by atoms with Gasteiger partial charge in [-0.15, -0.1) is 10.2 Å². The van der Waals surface area contributed by atoms with Gasteiger partial charge in [-0.25, -0.2) is 0 Å². The van der Waals surface area contributed by atoms with Crippen LogP contribution in [0, 0.1) is 16.7 Å². The van der Waals surface area contributed by atoms with Gasteiger partial charge in [-0.05, 0) is 18.3 Å². The number of rotatable bonds is 6. The minimum atomic E-state index is -0.542. The van der Waals surface area contributed by atoms with E-state index < -0.39 is 5.41 Å². The molecular formula is C16H27N5O2S. The van der Waals surface area contributed by atoms with Crippen LogP contribution in [-0.2, 0) is 16.6 Å². The average molecular weight is 353 g/mol. The maximum atomic E-state index is 12.8. The molecule has 0 saturated heterocycles. The molecule has 24 heavy (non-hydrogen) atoms. The second kappa shape index (κ2) is 7.13. The number of hydrogen-bond acceptors (Lipinski definition) is 5. The van der Waals surface area contributed by atoms with E-state index in [0.29, 0.717) is 6.54 Å². The second-order valence-electron chi connectivity index (χ2n) is 7.09. The number of nitrogens with one attached hydrogen (secondary N) is 2. The standard InChI is InChI=1S/C16H27N5O2S/c1-15(2)11(12(22)17-4)6-7-16(15,3)13(23)18-8-9-24-14-20-19-10-21(14)5/h10-11H,6-9H2,1-5H3,(H,17,22)(H,18,23)/t11?,16-/m0/s1. The van der Waals surface area contributed by atoms with Crippen LogP contribution in [0.3, 0.4) is 0 Å². The molecule has 7 nitrogen and oxygen atoms in total. The summed E-state index contributed by atoms with van der Waals surface area (Å²) in [6, 6.07) is 0. The molecule has 2 atom stereocenters. The van der Waals surface area contributed by atoms with Crippen molar-refractivity contribution >= 4 is 23.6 Å². The summed E-state index contributed by atoms with van der Waals surface area (Å²) in [5, 5.41) is 14.4. The van der Waals surface area contributed by atoms with Gasteiger partial charge in [-0.1, -0.05) is 32.5 Å². The van der Waals surface area contributed by atoms with Gasteiger partial charge < -0.3 is 15.2 Å². The average Bonchev–Trinajstić information content (AvgIpc) is 3.05. The molecule has 1 aromatic heterocycles. The van der Waals surface area contributed by atoms with Crippen LogP contribution in [0.4, 0.5) is 0 Å². The van der Waals surface area contributed by atoms with Crippen molar-refractivity contribution < 1.29 is 9.59 Å². The SMILES string of the molecule is CNC(=O)C1CC[C@@](C)(C(=O)NCCSc2nncn2C)C1(C)C. The van der Waals surface area contributed by atoms with Crippen LogP contribution >= 0.6 is 11.8 Å². The van der Waals surface area contributed by atoms with Gasteiger partial charge in [0.25, 0.3) is 0 Å². The first-order valence-corrected chi connectivity index (χ1v) is 9.19. The highest BCUT2D eigenvalue weighted by molar-refractivity contribution is 7.99. The van der Waals surface area contributed by atoms with E-state index in [0.717, 1.165) is 23.8 Å². The van der Waals surface area contributed by atoms with Crippen LogP contribution in [0.25, 0.3) is 0 Å². The number of carbonyl (C=O) groups is 2. The molecule has 1 aliphatic rings. The minimum absolute atomic E-state index is 0.0226. The lowest BCUT2D eigenvalue weighted by atomic mass is 9.65. The largest absolute Gasteiger partial charge is 0.359 e. The van der Waals surface area contributed by atoms with Gasteiger partial charge in [0.1, 0.15) is 6.33 Å². The number of nitrogens with zero attached hydrogens (tertiary/aromatic N) is 3. The fraction of sp³-hybridized carbons (Fsp3) is 0.750. The number of thioether (sulfide) groups is 1. The fourth-order valence-electron chi connectivity index (χ4n) is 3.45. The summed E-state index contributed by atoms with van der Waals surface area (Å²) in [5.74, 6) is 0.645. The lowest BCUT2D eigenvalue weighted by Gasteiger charge is -2.39. The summed E-state index contributed by atoms with van der Waals surface area (Å²) in [6.07, 6.45) is 3.12. The third-order valence-electron chi connectivity index (χ3n) is 5.58. The molecule has 1 heterocycles. The third kappa shape index (κ3) is 3.29. The van der Waals surface area contributed by atoms with Gasteiger partial charge >= 0.3 is 0 Å². The normalized spacial score (nSPS) is 25.5. The first-order valence-electron chi connectivity index (χ1n) is 8.20. The predicted octanol–water partition coefficient (Wildman–Crippen LogP) is 1.21. The molecule has 0 aromatic carbocycles. The number of carbonyl (C=O) groups excluding carboxylic acids is 2. The topological polar surface area (TPSA) is 88.9 Å². The van der Waals surface area contributed by atoms with Gasteiger partial charge in [0.2, 0.25) is 11.8 Å². The molecule has 0 aliphatic heterocycles. The van der Waals surface area contributed by atoms with E-state index in [-0.39, 0.29) is 23.1 Å². The summed E-state index contributed by atoms with van der Waals surface area (Å²) in [7, 11) is 3.54. The Balaban J connectivity index is 1.91. The van der Waals surface area contributed by atoms with Crippen molar-refractivity contribution in [1.29, 1.82) is 0 Å². The summed E-state index contributed by atoms with van der Waals surface area (Å²) in [4.78, 5) is 24.9. The Hall–Kier alpha value is -1.57. The molecule has 0 spiro atoms. The molecule has 8 heteroatoms. The molecule has 1 unspecified atom stereocenters. The molecule has 0 bridgehead atoms. The Morgan fingerprint density at radius 2 is 2.12 bits per heavy atom. The monoisotopic (exact) mass is 353 g/mol. The van der Waals surface area contributed by atoms with Gasteiger partial charge in [0.05, 0.1) is 5.41 Å². The van der Waals surface area contributed by atoms with Gasteiger partial charge in [0, 0.05) is 32.3 Å². The van der Waals surface area contributed by atoms with E-state index in [1.807, 2.05) is 32.4 Å². The zero-order valence-corrected chi connectivity index (χ0v) is 15.9. The highest BCUT2D eigenvalue weighted by atomic mass is 32.2. The Bertz CT molecular complexity index is 615. The molecule has 2 N–H and O–H groups in total. The molecule has 1 saturated carbocycles. The smallest absolute Gasteiger partial charge is 0.226 e. The third-order valence-corrected chi connectivity index (χ3v) is 6.62. The maximum Gasteiger partial charge on any atom is 0.226 e. The van der Waals surface area contributed by atoms with E-state index in [9.17, 15) is 9.59 Å². The number of aryl methyl sites for hydroxylation is 1. The Kier molecular flexibility index (Phi) is 5.57. The molecule has 2 rings (SSSR count). The first-order chi connectivity index (χ1) is 11.2. The van der Waals surface area contributed by atoms with Crippen molar-refractivity contribution in [3.63, 3.8) is 0 Å². The minimum Gasteiger partial charge on any atom is -0.359 e. The van der Waals surface area contributed by atoms with Crippen molar-refractivity contribution in [1.82, 2.24) is 25.4 Å². The van der Waals surface area contributed by atoms with Crippen molar-refractivity contribution in [2.45, 2.75) is 38.8 Å². The summed E-state index contributed by atoms with van der Waals surface area (Å²) in [5.41, 5.74) is -0.923. The maximum absolute atomic E-state index is 12.8. The molecule has 0 radical (unpaired) electrons. The molecule has 1 aliphatic carbocycles. The zero-order valence-electron chi connectivity index (χ0n) is 15.0. The van der Waals surface area contributed by atoms with Crippen LogP contribution in [-0.4, -0.2) is 45.9 Å². The Labute approximate surface area is 147 Å². The predicted molar refractivity (Wildman–Crippen MR) is 93.4 cm³/mol. The van der Waals surface area contributed by atoms with Crippen molar-refractivity contribution in [2.75, 3.05) is 19.3 Å². The summed E-state index contributed by atoms with van der Waals surface area (Å²) < 4.78 is 1.85. The quantitative estimate of drug-likeness (QED) is 0.593. The summed E-state index contributed by atoms with van der Waals surface area (Å²) in [6.45, 7) is 6.58. The fourth-order valence-corrected chi connectivity index (χ4v) is 4.19. The van der Waals surface area contributed by atoms with E-state index in [2.05, 4.69) is 20.8 Å². The highest BCUT2D eigenvalue weighted by Crippen LogP contribution is 2.56. The van der Waals surface area contributed by atoms with E-state index >= 15 is 0 Å². The van der Waals surface area contributed by atoms with Crippen LogP contribution in [0.5, 0.6) is 0 Å². The second-order valence-corrected chi connectivity index (χ2v) is 8.15. The van der Waals surface area contributed by atoms with E-state index in [4.69, 9.17) is 0 Å². The molecule has 2 amide bonds. The number of amides is 2. The molecule has 1 fully saturated rings.